The average molecular weight is 599 g/mol. The lowest BCUT2D eigenvalue weighted by molar-refractivity contribution is -0.140. The summed E-state index contributed by atoms with van der Waals surface area (Å²) >= 11 is 12.3. The number of carbonyl (C=O) groups excluding carboxylic acids is 2. The Morgan fingerprint density at radius 2 is 1.74 bits per heavy atom. The van der Waals surface area contributed by atoms with E-state index in [-0.39, 0.29) is 24.2 Å². The fourth-order valence-corrected chi connectivity index (χ4v) is 6.01. The Bertz CT molecular complexity index is 1250. The summed E-state index contributed by atoms with van der Waals surface area (Å²) in [5.41, 5.74) is 0.923. The van der Waals surface area contributed by atoms with E-state index in [9.17, 15) is 18.0 Å². The van der Waals surface area contributed by atoms with Gasteiger partial charge in [0.25, 0.3) is 0 Å². The molecule has 0 spiro atoms. The molecule has 11 heteroatoms. The van der Waals surface area contributed by atoms with Crippen LogP contribution in [0.25, 0.3) is 0 Å². The molecule has 39 heavy (non-hydrogen) atoms. The molecule has 0 aliphatic heterocycles. The molecule has 0 saturated heterocycles. The Balaban J connectivity index is 1.96. The Hall–Kier alpha value is -2.49. The minimum absolute atomic E-state index is 0.0526. The normalized spacial score (nSPS) is 14.9. The van der Waals surface area contributed by atoms with E-state index in [1.54, 1.807) is 49.4 Å². The van der Waals surface area contributed by atoms with Gasteiger partial charge in [-0.25, -0.2) is 8.42 Å². The first-order valence-electron chi connectivity index (χ1n) is 13.3. The molecule has 2 amide bonds. The molecule has 0 aromatic heterocycles. The SMILES string of the molecule is CCOc1ccccc1N(CC(=O)N(Cc1ccc(Cl)c(Cl)c1)[C@@H](CC)C(=O)NC1CCCCC1)S(C)(=O)=O. The zero-order chi connectivity index (χ0) is 28.6. The molecular weight excluding hydrogens is 561 g/mol. The average Bonchev–Trinajstić information content (AvgIpc) is 2.89. The molecule has 2 aromatic carbocycles. The molecule has 1 aliphatic carbocycles. The highest BCUT2D eigenvalue weighted by Gasteiger charge is 2.33. The van der Waals surface area contributed by atoms with Gasteiger partial charge in [-0.3, -0.25) is 13.9 Å². The van der Waals surface area contributed by atoms with Gasteiger partial charge in [-0.15, -0.1) is 0 Å². The third-order valence-corrected chi connectivity index (χ3v) is 8.65. The van der Waals surface area contributed by atoms with Crippen LogP contribution in [0.4, 0.5) is 5.69 Å². The first-order valence-corrected chi connectivity index (χ1v) is 15.9. The molecule has 0 bridgehead atoms. The Morgan fingerprint density at radius 1 is 1.05 bits per heavy atom. The Labute approximate surface area is 241 Å². The summed E-state index contributed by atoms with van der Waals surface area (Å²) in [5.74, 6) is -0.432. The first-order chi connectivity index (χ1) is 18.5. The van der Waals surface area contributed by atoms with Gasteiger partial charge in [-0.05, 0) is 56.0 Å². The van der Waals surface area contributed by atoms with E-state index in [2.05, 4.69) is 5.32 Å². The van der Waals surface area contributed by atoms with E-state index in [0.29, 0.717) is 34.4 Å². The number of anilines is 1. The molecule has 1 N–H and O–H groups in total. The second kappa shape index (κ2) is 14.2. The van der Waals surface area contributed by atoms with E-state index in [1.807, 2.05) is 6.92 Å². The van der Waals surface area contributed by atoms with Gasteiger partial charge >= 0.3 is 0 Å². The zero-order valence-corrected chi connectivity index (χ0v) is 25.0. The number of benzene rings is 2. The number of hydrogen-bond acceptors (Lipinski definition) is 5. The van der Waals surface area contributed by atoms with Crippen molar-refractivity contribution in [3.05, 3.63) is 58.1 Å². The maximum absolute atomic E-state index is 13.9. The highest BCUT2D eigenvalue weighted by Crippen LogP contribution is 2.30. The number of nitrogens with one attached hydrogen (secondary N) is 1. The van der Waals surface area contributed by atoms with Crippen molar-refractivity contribution in [3.63, 3.8) is 0 Å². The minimum Gasteiger partial charge on any atom is -0.492 e. The van der Waals surface area contributed by atoms with E-state index in [4.69, 9.17) is 27.9 Å². The van der Waals surface area contributed by atoms with Crippen molar-refractivity contribution in [2.45, 2.75) is 71.0 Å². The maximum atomic E-state index is 13.9. The van der Waals surface area contributed by atoms with E-state index >= 15 is 0 Å². The fourth-order valence-electron chi connectivity index (χ4n) is 4.83. The van der Waals surface area contributed by atoms with E-state index in [1.165, 1.54) is 4.90 Å². The molecule has 8 nitrogen and oxygen atoms in total. The molecule has 3 rings (SSSR count). The number of halogens is 2. The lowest BCUT2D eigenvalue weighted by Crippen LogP contribution is -2.54. The number of ether oxygens (including phenoxy) is 1. The van der Waals surface area contributed by atoms with Crippen LogP contribution in [0.5, 0.6) is 5.75 Å². The van der Waals surface area contributed by atoms with Crippen LogP contribution in [0.3, 0.4) is 0 Å². The van der Waals surface area contributed by atoms with Gasteiger partial charge in [0, 0.05) is 12.6 Å². The summed E-state index contributed by atoms with van der Waals surface area (Å²) in [5, 5.41) is 3.82. The summed E-state index contributed by atoms with van der Waals surface area (Å²) in [7, 11) is -3.88. The number of nitrogens with zero attached hydrogens (tertiary/aromatic N) is 2. The number of amides is 2. The van der Waals surface area contributed by atoms with Crippen LogP contribution in [-0.2, 0) is 26.2 Å². The predicted molar refractivity (Wildman–Crippen MR) is 156 cm³/mol. The number of carbonyl (C=O) groups is 2. The molecule has 0 radical (unpaired) electrons. The van der Waals surface area contributed by atoms with Gasteiger partial charge < -0.3 is 15.0 Å². The quantitative estimate of drug-likeness (QED) is 0.352. The Morgan fingerprint density at radius 3 is 2.36 bits per heavy atom. The van der Waals surface area contributed by atoms with Gasteiger partial charge in [0.2, 0.25) is 21.8 Å². The molecule has 0 heterocycles. The van der Waals surface area contributed by atoms with Crippen molar-refractivity contribution in [1.82, 2.24) is 10.2 Å². The topological polar surface area (TPSA) is 96.0 Å². The maximum Gasteiger partial charge on any atom is 0.244 e. The van der Waals surface area contributed by atoms with Crippen LogP contribution in [0, 0.1) is 0 Å². The van der Waals surface area contributed by atoms with Crippen LogP contribution in [-0.4, -0.2) is 56.6 Å². The van der Waals surface area contributed by atoms with E-state index in [0.717, 1.165) is 42.7 Å². The third kappa shape index (κ3) is 8.50. The van der Waals surface area contributed by atoms with Crippen LogP contribution in [0.15, 0.2) is 42.5 Å². The van der Waals surface area contributed by atoms with Crippen molar-refractivity contribution in [2.24, 2.45) is 0 Å². The second-order valence-electron chi connectivity index (χ2n) is 9.71. The lowest BCUT2D eigenvalue weighted by Gasteiger charge is -2.34. The van der Waals surface area contributed by atoms with Gasteiger partial charge in [0.05, 0.1) is 28.6 Å². The zero-order valence-electron chi connectivity index (χ0n) is 22.7. The third-order valence-electron chi connectivity index (χ3n) is 6.79. The number of rotatable bonds is 12. The molecule has 0 unspecified atom stereocenters. The van der Waals surface area contributed by atoms with Crippen LogP contribution < -0.4 is 14.4 Å². The molecule has 1 atom stereocenters. The molecule has 1 fully saturated rings. The largest absolute Gasteiger partial charge is 0.492 e. The van der Waals surface area contributed by atoms with Gasteiger partial charge in [0.15, 0.2) is 0 Å². The van der Waals surface area contributed by atoms with Crippen molar-refractivity contribution >= 4 is 50.7 Å². The monoisotopic (exact) mass is 597 g/mol. The van der Waals surface area contributed by atoms with E-state index < -0.39 is 28.5 Å². The summed E-state index contributed by atoms with van der Waals surface area (Å²) in [6, 6.07) is 10.9. The lowest BCUT2D eigenvalue weighted by atomic mass is 9.95. The summed E-state index contributed by atoms with van der Waals surface area (Å²) in [4.78, 5) is 28.9. The second-order valence-corrected chi connectivity index (χ2v) is 12.4. The molecule has 1 aliphatic rings. The fraction of sp³-hybridized carbons (Fsp3) is 0.500. The standard InChI is InChI=1S/C28H37Cl2N3O5S/c1-4-24(28(35)31-21-11-7-6-8-12-21)32(18-20-15-16-22(29)23(30)17-20)27(34)19-33(39(3,36)37)25-13-9-10-14-26(25)38-5-2/h9-10,13-17,21,24H,4-8,11-12,18-19H2,1-3H3,(H,31,35)/t24-/m0/s1. The molecular formula is C28H37Cl2N3O5S. The smallest absolute Gasteiger partial charge is 0.244 e. The van der Waals surface area contributed by atoms with Gasteiger partial charge in [-0.2, -0.15) is 0 Å². The van der Waals surface area contributed by atoms with Crippen molar-refractivity contribution in [2.75, 3.05) is 23.7 Å². The minimum atomic E-state index is -3.88. The number of hydrogen-bond donors (Lipinski definition) is 1. The molecule has 1 saturated carbocycles. The first kappa shape index (κ1) is 31.0. The van der Waals surface area contributed by atoms with Crippen LogP contribution in [0.1, 0.15) is 57.9 Å². The van der Waals surface area contributed by atoms with Crippen molar-refractivity contribution in [3.8, 4) is 5.75 Å². The highest BCUT2D eigenvalue weighted by atomic mass is 35.5. The molecule has 2 aromatic rings. The van der Waals surface area contributed by atoms with Gasteiger partial charge in [-0.1, -0.05) is 67.6 Å². The Kier molecular flexibility index (Phi) is 11.3. The van der Waals surface area contributed by atoms with Crippen LogP contribution >= 0.6 is 23.2 Å². The van der Waals surface area contributed by atoms with Gasteiger partial charge in [0.1, 0.15) is 18.3 Å². The predicted octanol–water partition coefficient (Wildman–Crippen LogP) is 5.41. The molecule has 214 valence electrons. The summed E-state index contributed by atoms with van der Waals surface area (Å²) in [6.45, 7) is 3.50. The summed E-state index contributed by atoms with van der Waals surface area (Å²) in [6.07, 6.45) is 6.44. The van der Waals surface area contributed by atoms with Crippen LogP contribution in [0.2, 0.25) is 10.0 Å². The van der Waals surface area contributed by atoms with Crippen molar-refractivity contribution < 1.29 is 22.7 Å². The number of para-hydroxylation sites is 2. The summed E-state index contributed by atoms with van der Waals surface area (Å²) < 4.78 is 32.5. The van der Waals surface area contributed by atoms with Crippen molar-refractivity contribution in [1.29, 1.82) is 0 Å². The highest BCUT2D eigenvalue weighted by molar-refractivity contribution is 7.92. The number of sulfonamides is 1.